The van der Waals surface area contributed by atoms with Crippen LogP contribution in [0.15, 0.2) is 23.8 Å². The number of fused-ring (bicyclic) bond motifs is 5. The van der Waals surface area contributed by atoms with Crippen molar-refractivity contribution in [1.82, 2.24) is 0 Å². The standard InChI is InChI=1S/C31H42O9/c1-5-7-15-37-27(35)39-19-25(34)31(40-28(36)38-16-8-6-2)14-12-23-22-10-9-20-17-21(32)11-13-29(20,3)26(22)24(33)18-30(23,31)4/h11,13,17,22-23,26H,5-10,12,14-16,18-19H2,1-4H3/t22-,23-,26+,29-,30-,31-/m0/s1. The van der Waals surface area contributed by atoms with Gasteiger partial charge in [0.2, 0.25) is 5.78 Å². The number of rotatable bonds is 10. The van der Waals surface area contributed by atoms with E-state index in [0.717, 1.165) is 18.4 Å². The highest BCUT2D eigenvalue weighted by molar-refractivity contribution is 6.02. The first kappa shape index (κ1) is 30.0. The predicted octanol–water partition coefficient (Wildman–Crippen LogP) is 5.69. The zero-order valence-corrected chi connectivity index (χ0v) is 24.1. The second-order valence-electron chi connectivity index (χ2n) is 12.1. The number of hydrogen-bond donors (Lipinski definition) is 0. The summed E-state index contributed by atoms with van der Waals surface area (Å²) < 4.78 is 21.4. The maximum Gasteiger partial charge on any atom is 0.509 e. The molecule has 0 bridgehead atoms. The van der Waals surface area contributed by atoms with Crippen molar-refractivity contribution >= 4 is 29.7 Å². The summed E-state index contributed by atoms with van der Waals surface area (Å²) in [6, 6.07) is 0. The number of hydrogen-bond acceptors (Lipinski definition) is 9. The number of ether oxygens (including phenoxy) is 4. The van der Waals surface area contributed by atoms with Crippen LogP contribution in [0.1, 0.15) is 85.5 Å². The van der Waals surface area contributed by atoms with Gasteiger partial charge in [0, 0.05) is 23.2 Å². The molecule has 4 rings (SSSR count). The third-order valence-electron chi connectivity index (χ3n) is 9.84. The second kappa shape index (κ2) is 11.9. The van der Waals surface area contributed by atoms with Gasteiger partial charge in [-0.05, 0) is 62.5 Å². The third-order valence-corrected chi connectivity index (χ3v) is 9.84. The molecule has 0 amide bonds. The van der Waals surface area contributed by atoms with E-state index in [1.54, 1.807) is 12.2 Å². The van der Waals surface area contributed by atoms with Crippen LogP contribution in [0.5, 0.6) is 0 Å². The van der Waals surface area contributed by atoms with Crippen LogP contribution in [-0.4, -0.2) is 55.1 Å². The molecule has 3 fully saturated rings. The molecule has 9 nitrogen and oxygen atoms in total. The van der Waals surface area contributed by atoms with E-state index < -0.39 is 41.1 Å². The quantitative estimate of drug-likeness (QED) is 0.246. The molecular formula is C31H42O9. The van der Waals surface area contributed by atoms with E-state index in [9.17, 15) is 24.0 Å². The molecule has 0 saturated heterocycles. The number of carbonyl (C=O) groups excluding carboxylic acids is 5. The number of unbranched alkanes of at least 4 members (excludes halogenated alkanes) is 2. The molecule has 3 saturated carbocycles. The molecule has 0 heterocycles. The molecule has 220 valence electrons. The van der Waals surface area contributed by atoms with E-state index in [-0.39, 0.29) is 55.4 Å². The van der Waals surface area contributed by atoms with Gasteiger partial charge in [-0.2, -0.15) is 0 Å². The molecule has 4 aliphatic rings. The minimum Gasteiger partial charge on any atom is -0.434 e. The smallest absolute Gasteiger partial charge is 0.434 e. The van der Waals surface area contributed by atoms with Gasteiger partial charge in [0.05, 0.1) is 13.2 Å². The summed E-state index contributed by atoms with van der Waals surface area (Å²) in [4.78, 5) is 65.0. The first-order chi connectivity index (χ1) is 19.0. The first-order valence-electron chi connectivity index (χ1n) is 14.7. The van der Waals surface area contributed by atoms with Crippen LogP contribution in [0.2, 0.25) is 0 Å². The molecule has 0 aromatic carbocycles. The summed E-state index contributed by atoms with van der Waals surface area (Å²) >= 11 is 0. The Morgan fingerprint density at radius 3 is 2.30 bits per heavy atom. The molecule has 9 heteroatoms. The lowest BCUT2D eigenvalue weighted by molar-refractivity contribution is -0.173. The highest BCUT2D eigenvalue weighted by atomic mass is 16.7. The summed E-state index contributed by atoms with van der Waals surface area (Å²) in [5.74, 6) is -1.13. The van der Waals surface area contributed by atoms with Crippen molar-refractivity contribution in [1.29, 1.82) is 0 Å². The third kappa shape index (κ3) is 5.23. The Hall–Kier alpha value is -2.97. The minimum atomic E-state index is -1.68. The summed E-state index contributed by atoms with van der Waals surface area (Å²) in [5, 5.41) is 0. The second-order valence-corrected chi connectivity index (χ2v) is 12.1. The molecule has 4 aliphatic carbocycles. The van der Waals surface area contributed by atoms with Gasteiger partial charge in [-0.25, -0.2) is 9.59 Å². The van der Waals surface area contributed by atoms with Crippen LogP contribution in [-0.2, 0) is 33.3 Å². The van der Waals surface area contributed by atoms with Gasteiger partial charge in [-0.1, -0.05) is 52.2 Å². The van der Waals surface area contributed by atoms with Crippen molar-refractivity contribution in [2.45, 2.75) is 91.1 Å². The Bertz CT molecular complexity index is 1110. The van der Waals surface area contributed by atoms with E-state index in [1.807, 2.05) is 33.8 Å². The van der Waals surface area contributed by atoms with E-state index >= 15 is 0 Å². The molecule has 0 aromatic rings. The highest BCUT2D eigenvalue weighted by Gasteiger charge is 2.70. The maximum absolute atomic E-state index is 14.0. The Morgan fingerprint density at radius 2 is 1.62 bits per heavy atom. The summed E-state index contributed by atoms with van der Waals surface area (Å²) in [5.41, 5.74) is -2.27. The van der Waals surface area contributed by atoms with Crippen LogP contribution in [0, 0.1) is 28.6 Å². The topological polar surface area (TPSA) is 122 Å². The lowest BCUT2D eigenvalue weighted by Gasteiger charge is -2.57. The van der Waals surface area contributed by atoms with Crippen molar-refractivity contribution in [3.05, 3.63) is 23.8 Å². The van der Waals surface area contributed by atoms with Crippen molar-refractivity contribution in [2.75, 3.05) is 19.8 Å². The molecule has 0 unspecified atom stereocenters. The van der Waals surface area contributed by atoms with Crippen molar-refractivity contribution in [3.8, 4) is 0 Å². The fourth-order valence-corrected chi connectivity index (χ4v) is 7.75. The lowest BCUT2D eigenvalue weighted by Crippen LogP contribution is -2.62. The van der Waals surface area contributed by atoms with Crippen LogP contribution >= 0.6 is 0 Å². The van der Waals surface area contributed by atoms with Gasteiger partial charge in [0.25, 0.3) is 0 Å². The Kier molecular flexibility index (Phi) is 8.90. The maximum atomic E-state index is 14.0. The number of ketones is 3. The van der Waals surface area contributed by atoms with E-state index in [2.05, 4.69) is 0 Å². The van der Waals surface area contributed by atoms with Crippen LogP contribution in [0.3, 0.4) is 0 Å². The summed E-state index contributed by atoms with van der Waals surface area (Å²) in [6.07, 6.45) is 8.30. The van der Waals surface area contributed by atoms with Gasteiger partial charge in [0.15, 0.2) is 18.0 Å². The van der Waals surface area contributed by atoms with Gasteiger partial charge >= 0.3 is 12.3 Å². The largest absolute Gasteiger partial charge is 0.509 e. The fourth-order valence-electron chi connectivity index (χ4n) is 7.75. The summed E-state index contributed by atoms with van der Waals surface area (Å²) in [7, 11) is 0. The number of carbonyl (C=O) groups is 5. The van der Waals surface area contributed by atoms with E-state index in [1.165, 1.54) is 0 Å². The molecule has 40 heavy (non-hydrogen) atoms. The van der Waals surface area contributed by atoms with Crippen LogP contribution in [0.25, 0.3) is 0 Å². The van der Waals surface area contributed by atoms with Crippen LogP contribution < -0.4 is 0 Å². The van der Waals surface area contributed by atoms with E-state index in [0.29, 0.717) is 32.1 Å². The predicted molar refractivity (Wildman–Crippen MR) is 144 cm³/mol. The van der Waals surface area contributed by atoms with Crippen LogP contribution in [0.4, 0.5) is 9.59 Å². The molecule has 0 aliphatic heterocycles. The normalized spacial score (nSPS) is 34.2. The molecule has 0 spiro atoms. The molecule has 0 aromatic heterocycles. The number of allylic oxidation sites excluding steroid dienone is 4. The molecule has 0 N–H and O–H groups in total. The van der Waals surface area contributed by atoms with Crippen molar-refractivity contribution in [2.24, 2.45) is 28.6 Å². The highest BCUT2D eigenvalue weighted by Crippen LogP contribution is 2.67. The molecular weight excluding hydrogens is 516 g/mol. The van der Waals surface area contributed by atoms with Gasteiger partial charge < -0.3 is 18.9 Å². The molecule has 6 atom stereocenters. The lowest BCUT2D eigenvalue weighted by atomic mass is 9.46. The Balaban J connectivity index is 1.62. The Labute approximate surface area is 236 Å². The van der Waals surface area contributed by atoms with Gasteiger partial charge in [-0.3, -0.25) is 14.4 Å². The molecule has 0 radical (unpaired) electrons. The van der Waals surface area contributed by atoms with Crippen molar-refractivity contribution < 1.29 is 42.9 Å². The monoisotopic (exact) mass is 558 g/mol. The fraction of sp³-hybridized carbons (Fsp3) is 0.710. The average molecular weight is 559 g/mol. The van der Waals surface area contributed by atoms with E-state index in [4.69, 9.17) is 18.9 Å². The summed E-state index contributed by atoms with van der Waals surface area (Å²) in [6.45, 7) is 7.50. The van der Waals surface area contributed by atoms with Crippen molar-refractivity contribution in [3.63, 3.8) is 0 Å². The zero-order chi connectivity index (χ0) is 29.1. The minimum absolute atomic E-state index is 0.0160. The average Bonchev–Trinajstić information content (AvgIpc) is 3.19. The first-order valence-corrected chi connectivity index (χ1v) is 14.7. The number of Topliss-reactive ketones (excluding diaryl/α,β-unsaturated/α-hetero) is 2. The van der Waals surface area contributed by atoms with Gasteiger partial charge in [-0.15, -0.1) is 0 Å². The Morgan fingerprint density at radius 1 is 0.950 bits per heavy atom. The van der Waals surface area contributed by atoms with Gasteiger partial charge in [0.1, 0.15) is 5.78 Å². The zero-order valence-electron chi connectivity index (χ0n) is 24.1. The SMILES string of the molecule is CCCCOC(=O)OCC(=O)[C@@]1(OC(=O)OCCCC)CC[C@H]2[C@@H]3CCC4=CC(=O)C=C[C@]4(C)[C@H]3C(=O)C[C@@]21C.